The van der Waals surface area contributed by atoms with Gasteiger partial charge in [0.2, 0.25) is 14.8 Å². The molecule has 7 nitrogen and oxygen atoms in total. The summed E-state index contributed by atoms with van der Waals surface area (Å²) in [6, 6.07) is 6.30. The van der Waals surface area contributed by atoms with Crippen LogP contribution in [0.3, 0.4) is 0 Å². The molecule has 2 atom stereocenters. The van der Waals surface area contributed by atoms with Crippen molar-refractivity contribution in [2.75, 3.05) is 7.11 Å². The topological polar surface area (TPSA) is 99.9 Å². The first-order chi connectivity index (χ1) is 14.5. The molecule has 2 aromatic carbocycles. The molecule has 0 aliphatic heterocycles. The van der Waals surface area contributed by atoms with Gasteiger partial charge in [0.25, 0.3) is 0 Å². The Bertz CT molecular complexity index is 1270. The summed E-state index contributed by atoms with van der Waals surface area (Å²) in [5, 5.41) is 5.77. The van der Waals surface area contributed by atoms with Crippen LogP contribution in [0, 0.1) is 24.4 Å². The standard InChI is InChI=1S/C20H22ClFN4O3S2/c1-10-5-7-14(22)17(11(10)2)12(3)18(19-23-20(30)25-24-19)26-31(27,28)16-8-6-13(21)9-15(16)29-4/h5-9,12,18,26H,1-4H3,(H2,23,24,25,30)/t12-,18+/m1/s1. The molecule has 0 bridgehead atoms. The molecule has 1 aromatic heterocycles. The average molecular weight is 485 g/mol. The van der Waals surface area contributed by atoms with Crippen LogP contribution in [0.1, 0.15) is 41.4 Å². The molecule has 0 saturated heterocycles. The molecule has 3 aromatic rings. The molecule has 0 aliphatic rings. The number of hydrogen-bond acceptors (Lipinski definition) is 5. The van der Waals surface area contributed by atoms with E-state index in [2.05, 4.69) is 19.9 Å². The summed E-state index contributed by atoms with van der Waals surface area (Å²) < 4.78 is 49.3. The molecule has 3 N–H and O–H groups in total. The van der Waals surface area contributed by atoms with E-state index >= 15 is 0 Å². The Morgan fingerprint density at radius 1 is 1.23 bits per heavy atom. The number of sulfonamides is 1. The second-order valence-electron chi connectivity index (χ2n) is 7.14. The van der Waals surface area contributed by atoms with Gasteiger partial charge in [-0.3, -0.25) is 10.2 Å². The minimum Gasteiger partial charge on any atom is -0.495 e. The van der Waals surface area contributed by atoms with Crippen LogP contribution in [-0.4, -0.2) is 30.7 Å². The van der Waals surface area contributed by atoms with Crippen molar-refractivity contribution < 1.29 is 17.5 Å². The van der Waals surface area contributed by atoms with Gasteiger partial charge in [-0.1, -0.05) is 24.6 Å². The van der Waals surface area contributed by atoms with Gasteiger partial charge in [-0.25, -0.2) is 17.8 Å². The highest BCUT2D eigenvalue weighted by Gasteiger charge is 2.33. The highest BCUT2D eigenvalue weighted by Crippen LogP contribution is 2.36. The van der Waals surface area contributed by atoms with Crippen molar-refractivity contribution in [3.8, 4) is 5.75 Å². The first-order valence-corrected chi connectivity index (χ1v) is 11.6. The number of nitrogens with one attached hydrogen (secondary N) is 3. The monoisotopic (exact) mass is 484 g/mol. The fraction of sp³-hybridized carbons (Fsp3) is 0.300. The third-order valence-corrected chi connectivity index (χ3v) is 7.11. The Labute approximate surface area is 190 Å². The summed E-state index contributed by atoms with van der Waals surface area (Å²) in [5.74, 6) is -0.742. The lowest BCUT2D eigenvalue weighted by atomic mass is 9.88. The Morgan fingerprint density at radius 2 is 1.94 bits per heavy atom. The zero-order valence-electron chi connectivity index (χ0n) is 17.3. The molecule has 3 rings (SSSR count). The summed E-state index contributed by atoms with van der Waals surface area (Å²) in [5.41, 5.74) is 2.01. The first kappa shape index (κ1) is 23.4. The number of ether oxygens (including phenoxy) is 1. The Morgan fingerprint density at radius 3 is 2.55 bits per heavy atom. The van der Waals surface area contributed by atoms with E-state index in [-0.39, 0.29) is 21.2 Å². The van der Waals surface area contributed by atoms with Crippen LogP contribution < -0.4 is 9.46 Å². The molecule has 0 unspecified atom stereocenters. The van der Waals surface area contributed by atoms with Crippen molar-refractivity contribution in [2.45, 2.75) is 37.6 Å². The maximum absolute atomic E-state index is 14.8. The van der Waals surface area contributed by atoms with E-state index in [1.54, 1.807) is 19.9 Å². The molecule has 0 aliphatic carbocycles. The molecule has 0 fully saturated rings. The number of benzene rings is 2. The van der Waals surface area contributed by atoms with Crippen LogP contribution in [0.15, 0.2) is 35.2 Å². The fourth-order valence-corrected chi connectivity index (χ4v) is 5.19. The molecule has 0 saturated carbocycles. The van der Waals surface area contributed by atoms with Crippen molar-refractivity contribution in [2.24, 2.45) is 0 Å². The minimum atomic E-state index is -4.11. The second-order valence-corrected chi connectivity index (χ2v) is 9.64. The normalized spacial score (nSPS) is 13.7. The molecular weight excluding hydrogens is 463 g/mol. The second kappa shape index (κ2) is 9.07. The smallest absolute Gasteiger partial charge is 0.244 e. The predicted octanol–water partition coefficient (Wildman–Crippen LogP) is 4.71. The largest absolute Gasteiger partial charge is 0.495 e. The van der Waals surface area contributed by atoms with Crippen LogP contribution in [0.2, 0.25) is 5.02 Å². The van der Waals surface area contributed by atoms with E-state index in [9.17, 15) is 12.8 Å². The Balaban J connectivity index is 2.12. The molecule has 31 heavy (non-hydrogen) atoms. The summed E-state index contributed by atoms with van der Waals surface area (Å²) >= 11 is 11.0. The lowest BCUT2D eigenvalue weighted by Gasteiger charge is -2.26. The first-order valence-electron chi connectivity index (χ1n) is 9.31. The molecule has 11 heteroatoms. The van der Waals surface area contributed by atoms with Crippen LogP contribution in [0.5, 0.6) is 5.75 Å². The van der Waals surface area contributed by atoms with E-state index in [0.717, 1.165) is 11.1 Å². The summed E-state index contributed by atoms with van der Waals surface area (Å²) in [7, 11) is -2.76. The van der Waals surface area contributed by atoms with Gasteiger partial charge in [0.05, 0.1) is 13.2 Å². The lowest BCUT2D eigenvalue weighted by Crippen LogP contribution is -2.33. The maximum atomic E-state index is 14.8. The summed E-state index contributed by atoms with van der Waals surface area (Å²) in [4.78, 5) is 4.07. The quantitative estimate of drug-likeness (QED) is 0.422. The third-order valence-electron chi connectivity index (χ3n) is 5.20. The van der Waals surface area contributed by atoms with Gasteiger partial charge < -0.3 is 4.74 Å². The molecule has 1 heterocycles. The Kier molecular flexibility index (Phi) is 6.85. The SMILES string of the molecule is COc1cc(Cl)ccc1S(=O)(=O)N[C@H](c1nc(=S)[nH][nH]1)[C@H](C)c1c(F)ccc(C)c1C. The van der Waals surface area contributed by atoms with Gasteiger partial charge in [-0.05, 0) is 61.0 Å². The highest BCUT2D eigenvalue weighted by molar-refractivity contribution is 7.89. The van der Waals surface area contributed by atoms with Crippen LogP contribution in [0.4, 0.5) is 4.39 Å². The minimum absolute atomic E-state index is 0.0827. The van der Waals surface area contributed by atoms with Crippen LogP contribution in [0.25, 0.3) is 0 Å². The number of nitrogens with zero attached hydrogens (tertiary/aromatic N) is 1. The van der Waals surface area contributed by atoms with Crippen molar-refractivity contribution >= 4 is 33.8 Å². The van der Waals surface area contributed by atoms with Crippen molar-refractivity contribution in [1.29, 1.82) is 0 Å². The van der Waals surface area contributed by atoms with E-state index < -0.39 is 27.8 Å². The van der Waals surface area contributed by atoms with Crippen molar-refractivity contribution in [3.05, 3.63) is 68.5 Å². The van der Waals surface area contributed by atoms with Gasteiger partial charge in [0.15, 0.2) is 0 Å². The van der Waals surface area contributed by atoms with Crippen LogP contribution in [-0.2, 0) is 10.0 Å². The molecule has 166 valence electrons. The van der Waals surface area contributed by atoms with E-state index in [1.165, 1.54) is 31.4 Å². The number of halogens is 2. The molecule has 0 spiro atoms. The van der Waals surface area contributed by atoms with E-state index in [4.69, 9.17) is 28.6 Å². The van der Waals surface area contributed by atoms with E-state index in [0.29, 0.717) is 10.6 Å². The molecule has 0 radical (unpaired) electrons. The van der Waals surface area contributed by atoms with Gasteiger partial charge in [0.1, 0.15) is 22.3 Å². The lowest BCUT2D eigenvalue weighted by molar-refractivity contribution is 0.401. The van der Waals surface area contributed by atoms with Gasteiger partial charge in [-0.2, -0.15) is 4.72 Å². The van der Waals surface area contributed by atoms with Gasteiger partial charge in [-0.15, -0.1) is 0 Å². The van der Waals surface area contributed by atoms with Gasteiger partial charge >= 0.3 is 0 Å². The number of methoxy groups -OCH3 is 1. The predicted molar refractivity (Wildman–Crippen MR) is 119 cm³/mol. The summed E-state index contributed by atoms with van der Waals surface area (Å²) in [6.45, 7) is 5.39. The molecular formula is C20H22ClFN4O3S2. The van der Waals surface area contributed by atoms with Crippen molar-refractivity contribution in [1.82, 2.24) is 19.9 Å². The Hall–Kier alpha value is -2.27. The molecule has 0 amide bonds. The fourth-order valence-electron chi connectivity index (χ4n) is 3.45. The maximum Gasteiger partial charge on any atom is 0.244 e. The van der Waals surface area contributed by atoms with Crippen molar-refractivity contribution in [3.63, 3.8) is 0 Å². The summed E-state index contributed by atoms with van der Waals surface area (Å²) in [6.07, 6.45) is 0. The zero-order valence-corrected chi connectivity index (χ0v) is 19.7. The third kappa shape index (κ3) is 4.82. The van der Waals surface area contributed by atoms with E-state index in [1.807, 2.05) is 6.92 Å². The number of aromatic nitrogens is 3. The van der Waals surface area contributed by atoms with Gasteiger partial charge in [0, 0.05) is 17.0 Å². The number of H-pyrrole nitrogens is 2. The zero-order chi connectivity index (χ0) is 22.9. The number of hydrogen-bond donors (Lipinski definition) is 3. The highest BCUT2D eigenvalue weighted by atomic mass is 35.5. The number of rotatable bonds is 7. The number of aryl methyl sites for hydroxylation is 1. The van der Waals surface area contributed by atoms with Crippen LogP contribution >= 0.6 is 23.8 Å². The number of aromatic amines is 2. The average Bonchev–Trinajstić information content (AvgIpc) is 3.14.